The third-order valence-corrected chi connectivity index (χ3v) is 8.46. The SMILES string of the molecule is CCN(CC)c1ccc([C@@H]2C(C(=O)OCCc3ccccc3)=C(C)NC3=C2C(=O)C[C@@H](c2ccc(OC)cc2)C3)cc1. The first-order chi connectivity index (χ1) is 20.4. The Hall–Kier alpha value is -4.32. The number of benzene rings is 3. The van der Waals surface area contributed by atoms with Crippen molar-refractivity contribution in [3.63, 3.8) is 0 Å². The van der Waals surface area contributed by atoms with Gasteiger partial charge >= 0.3 is 5.97 Å². The highest BCUT2D eigenvalue weighted by Gasteiger charge is 2.41. The van der Waals surface area contributed by atoms with Crippen LogP contribution in [0.5, 0.6) is 5.75 Å². The van der Waals surface area contributed by atoms with Crippen molar-refractivity contribution < 1.29 is 19.1 Å². The van der Waals surface area contributed by atoms with E-state index in [2.05, 4.69) is 48.3 Å². The number of rotatable bonds is 10. The topological polar surface area (TPSA) is 67.9 Å². The highest BCUT2D eigenvalue weighted by molar-refractivity contribution is 6.04. The molecule has 2 atom stereocenters. The molecule has 5 rings (SSSR count). The number of anilines is 1. The van der Waals surface area contributed by atoms with Crippen LogP contribution in [-0.2, 0) is 20.7 Å². The van der Waals surface area contributed by atoms with E-state index in [1.807, 2.05) is 61.5 Å². The minimum atomic E-state index is -0.486. The van der Waals surface area contributed by atoms with Crippen LogP contribution in [-0.4, -0.2) is 38.6 Å². The predicted octanol–water partition coefficient (Wildman–Crippen LogP) is 6.69. The standard InChI is InChI=1S/C36H40N2O4/c1-5-38(6-2)29-16-12-27(13-17-29)34-33(36(40)42-21-20-25-10-8-7-9-11-25)24(3)37-31-22-28(23-32(39)35(31)34)26-14-18-30(41-4)19-15-26/h7-19,28,34,37H,5-6,20-23H2,1-4H3/t28-,34+/m0/s1. The zero-order chi connectivity index (χ0) is 29.6. The number of Topliss-reactive ketones (excluding diaryl/α,β-unsaturated/α-hetero) is 1. The van der Waals surface area contributed by atoms with Gasteiger partial charge in [-0.25, -0.2) is 4.79 Å². The fourth-order valence-electron chi connectivity index (χ4n) is 6.21. The average molecular weight is 565 g/mol. The van der Waals surface area contributed by atoms with Crippen LogP contribution < -0.4 is 15.0 Å². The van der Waals surface area contributed by atoms with E-state index in [0.717, 1.165) is 52.6 Å². The Bertz CT molecular complexity index is 1470. The molecule has 1 aliphatic heterocycles. The lowest BCUT2D eigenvalue weighted by Crippen LogP contribution is -2.36. The van der Waals surface area contributed by atoms with Gasteiger partial charge in [0.25, 0.3) is 0 Å². The summed E-state index contributed by atoms with van der Waals surface area (Å²) in [4.78, 5) is 29.9. The summed E-state index contributed by atoms with van der Waals surface area (Å²) in [7, 11) is 1.65. The molecule has 0 bridgehead atoms. The molecule has 2 aliphatic rings. The smallest absolute Gasteiger partial charge is 0.336 e. The van der Waals surface area contributed by atoms with Crippen LogP contribution in [0.4, 0.5) is 5.69 Å². The van der Waals surface area contributed by atoms with E-state index in [-0.39, 0.29) is 24.3 Å². The van der Waals surface area contributed by atoms with E-state index >= 15 is 0 Å². The molecule has 0 radical (unpaired) electrons. The highest BCUT2D eigenvalue weighted by Crippen LogP contribution is 2.46. The normalized spacial score (nSPS) is 18.3. The second kappa shape index (κ2) is 13.1. The molecule has 1 heterocycles. The summed E-state index contributed by atoms with van der Waals surface area (Å²) < 4.78 is 11.2. The monoisotopic (exact) mass is 564 g/mol. The van der Waals surface area contributed by atoms with Crippen molar-refractivity contribution in [2.45, 2.75) is 51.9 Å². The Balaban J connectivity index is 1.47. The van der Waals surface area contributed by atoms with E-state index in [4.69, 9.17) is 9.47 Å². The number of esters is 1. The molecule has 3 aromatic carbocycles. The molecule has 218 valence electrons. The first kappa shape index (κ1) is 29.2. The second-order valence-electron chi connectivity index (χ2n) is 10.9. The molecule has 0 saturated heterocycles. The van der Waals surface area contributed by atoms with E-state index in [1.54, 1.807) is 7.11 Å². The van der Waals surface area contributed by atoms with Gasteiger partial charge in [0.2, 0.25) is 0 Å². The number of carbonyl (C=O) groups excluding carboxylic acids is 2. The number of nitrogens with one attached hydrogen (secondary N) is 1. The first-order valence-electron chi connectivity index (χ1n) is 14.9. The molecule has 0 amide bonds. The van der Waals surface area contributed by atoms with Gasteiger partial charge in [-0.3, -0.25) is 4.79 Å². The van der Waals surface area contributed by atoms with Gasteiger partial charge in [0.05, 0.1) is 19.3 Å². The van der Waals surface area contributed by atoms with Crippen molar-refractivity contribution in [3.8, 4) is 5.75 Å². The molecule has 0 aromatic heterocycles. The van der Waals surface area contributed by atoms with E-state index in [9.17, 15) is 9.59 Å². The quantitative estimate of drug-likeness (QED) is 0.277. The van der Waals surface area contributed by atoms with E-state index < -0.39 is 5.92 Å². The zero-order valence-electron chi connectivity index (χ0n) is 25.0. The maximum Gasteiger partial charge on any atom is 0.336 e. The largest absolute Gasteiger partial charge is 0.497 e. The Morgan fingerprint density at radius 2 is 1.57 bits per heavy atom. The van der Waals surface area contributed by atoms with Gasteiger partial charge in [0.1, 0.15) is 5.75 Å². The van der Waals surface area contributed by atoms with Crippen LogP contribution in [0.2, 0.25) is 0 Å². The van der Waals surface area contributed by atoms with Crippen molar-refractivity contribution in [1.82, 2.24) is 5.32 Å². The Kier molecular flexibility index (Phi) is 9.11. The van der Waals surface area contributed by atoms with E-state index in [1.165, 1.54) is 0 Å². The van der Waals surface area contributed by atoms with Crippen LogP contribution in [0.25, 0.3) is 0 Å². The molecule has 0 fully saturated rings. The molecule has 42 heavy (non-hydrogen) atoms. The minimum Gasteiger partial charge on any atom is -0.497 e. The fourth-order valence-corrected chi connectivity index (χ4v) is 6.21. The summed E-state index contributed by atoms with van der Waals surface area (Å²) in [5, 5.41) is 3.46. The molecular formula is C36H40N2O4. The van der Waals surface area contributed by atoms with E-state index in [0.29, 0.717) is 30.4 Å². The molecule has 0 spiro atoms. The fraction of sp³-hybridized carbons (Fsp3) is 0.333. The van der Waals surface area contributed by atoms with Crippen LogP contribution in [0, 0.1) is 0 Å². The number of ketones is 1. The average Bonchev–Trinajstić information content (AvgIpc) is 3.01. The summed E-state index contributed by atoms with van der Waals surface area (Å²) in [6, 6.07) is 26.2. The Morgan fingerprint density at radius 3 is 2.21 bits per heavy atom. The van der Waals surface area contributed by atoms with Gasteiger partial charge < -0.3 is 19.7 Å². The molecule has 3 aromatic rings. The number of hydrogen-bond donors (Lipinski definition) is 1. The number of nitrogens with zero attached hydrogens (tertiary/aromatic N) is 1. The van der Waals surface area contributed by atoms with Crippen molar-refractivity contribution in [3.05, 3.63) is 118 Å². The van der Waals surface area contributed by atoms with Crippen molar-refractivity contribution >= 4 is 17.4 Å². The van der Waals surface area contributed by atoms with Crippen molar-refractivity contribution in [2.24, 2.45) is 0 Å². The van der Waals surface area contributed by atoms with Gasteiger partial charge in [-0.1, -0.05) is 54.6 Å². The number of allylic oxidation sites excluding steroid dienone is 3. The van der Waals surface area contributed by atoms with Gasteiger partial charge in [-0.2, -0.15) is 0 Å². The summed E-state index contributed by atoms with van der Waals surface area (Å²) in [5.41, 5.74) is 7.07. The third-order valence-electron chi connectivity index (χ3n) is 8.46. The molecule has 6 heteroatoms. The number of ether oxygens (including phenoxy) is 2. The summed E-state index contributed by atoms with van der Waals surface area (Å²) >= 11 is 0. The van der Waals surface area contributed by atoms with Crippen LogP contribution >= 0.6 is 0 Å². The lowest BCUT2D eigenvalue weighted by molar-refractivity contribution is -0.139. The minimum absolute atomic E-state index is 0.0486. The summed E-state index contributed by atoms with van der Waals surface area (Å²) in [5.74, 6) is 0.0296. The number of carbonyl (C=O) groups is 2. The lowest BCUT2D eigenvalue weighted by atomic mass is 9.71. The van der Waals surface area contributed by atoms with Crippen molar-refractivity contribution in [2.75, 3.05) is 31.7 Å². The first-order valence-corrected chi connectivity index (χ1v) is 14.9. The maximum absolute atomic E-state index is 14.0. The summed E-state index contributed by atoms with van der Waals surface area (Å²) in [6.07, 6.45) is 1.71. The number of hydrogen-bond acceptors (Lipinski definition) is 6. The maximum atomic E-state index is 14.0. The van der Waals surface area contributed by atoms with Gasteiger partial charge in [-0.05, 0) is 74.1 Å². The van der Waals surface area contributed by atoms with Crippen LogP contribution in [0.1, 0.15) is 62.1 Å². The number of dihydropyridines is 1. The lowest BCUT2D eigenvalue weighted by Gasteiger charge is -2.37. The second-order valence-corrected chi connectivity index (χ2v) is 10.9. The van der Waals surface area contributed by atoms with Crippen molar-refractivity contribution in [1.29, 1.82) is 0 Å². The molecule has 0 unspecified atom stereocenters. The predicted molar refractivity (Wildman–Crippen MR) is 167 cm³/mol. The van der Waals surface area contributed by atoms with Crippen LogP contribution in [0.15, 0.2) is 101 Å². The molecule has 0 saturated carbocycles. The zero-order valence-corrected chi connectivity index (χ0v) is 25.0. The molecule has 6 nitrogen and oxygen atoms in total. The van der Waals surface area contributed by atoms with Gasteiger partial charge in [0.15, 0.2) is 5.78 Å². The third kappa shape index (κ3) is 6.13. The van der Waals surface area contributed by atoms with Crippen LogP contribution in [0.3, 0.4) is 0 Å². The Labute approximate surface area is 249 Å². The Morgan fingerprint density at radius 1 is 0.905 bits per heavy atom. The number of methoxy groups -OCH3 is 1. The molecule has 1 aliphatic carbocycles. The molecule has 1 N–H and O–H groups in total. The highest BCUT2D eigenvalue weighted by atomic mass is 16.5. The summed E-state index contributed by atoms with van der Waals surface area (Å²) in [6.45, 7) is 8.26. The molecular weight excluding hydrogens is 524 g/mol. The van der Waals surface area contributed by atoms with Gasteiger partial charge in [-0.15, -0.1) is 0 Å². The van der Waals surface area contributed by atoms with Gasteiger partial charge in [0, 0.05) is 54.5 Å².